The molecule has 1 saturated carbocycles. The fraction of sp³-hybridized carbons (Fsp3) is 0.312. The standard InChI is InChI=1S/C16H17ClN4O2/c17-12-5-3-10(4-6-12)14(9-22)21-16(23)20-13-7-18-15(19-8-13)11-1-2-11/h3-8,11,14,22H,1-2,9H2,(H2,20,21,23). The summed E-state index contributed by atoms with van der Waals surface area (Å²) >= 11 is 5.84. The number of hydrogen-bond acceptors (Lipinski definition) is 4. The van der Waals surface area contributed by atoms with Gasteiger partial charge in [0.1, 0.15) is 5.82 Å². The van der Waals surface area contributed by atoms with E-state index in [9.17, 15) is 9.90 Å². The highest BCUT2D eigenvalue weighted by molar-refractivity contribution is 6.30. The van der Waals surface area contributed by atoms with E-state index >= 15 is 0 Å². The van der Waals surface area contributed by atoms with Gasteiger partial charge >= 0.3 is 6.03 Å². The molecule has 0 bridgehead atoms. The van der Waals surface area contributed by atoms with Crippen LogP contribution in [0.2, 0.25) is 5.02 Å². The molecule has 7 heteroatoms. The van der Waals surface area contributed by atoms with Crippen LogP contribution in [0.15, 0.2) is 36.7 Å². The molecule has 1 aliphatic carbocycles. The molecule has 0 radical (unpaired) electrons. The van der Waals surface area contributed by atoms with Gasteiger partial charge in [0.2, 0.25) is 0 Å². The van der Waals surface area contributed by atoms with Gasteiger partial charge in [-0.1, -0.05) is 23.7 Å². The lowest BCUT2D eigenvalue weighted by Crippen LogP contribution is -2.34. The molecule has 1 fully saturated rings. The van der Waals surface area contributed by atoms with Crippen LogP contribution in [0.4, 0.5) is 10.5 Å². The van der Waals surface area contributed by atoms with Gasteiger partial charge in [0, 0.05) is 10.9 Å². The highest BCUT2D eigenvalue weighted by Gasteiger charge is 2.26. The third-order valence-corrected chi connectivity index (χ3v) is 3.88. The van der Waals surface area contributed by atoms with Crippen LogP contribution in [-0.4, -0.2) is 27.7 Å². The largest absolute Gasteiger partial charge is 0.394 e. The van der Waals surface area contributed by atoms with Gasteiger partial charge in [-0.05, 0) is 30.5 Å². The number of aromatic nitrogens is 2. The minimum absolute atomic E-state index is 0.216. The second-order valence-electron chi connectivity index (χ2n) is 5.49. The maximum atomic E-state index is 12.0. The molecule has 6 nitrogen and oxygen atoms in total. The molecule has 1 heterocycles. The van der Waals surface area contributed by atoms with Crippen LogP contribution in [0.5, 0.6) is 0 Å². The summed E-state index contributed by atoms with van der Waals surface area (Å²) in [4.78, 5) is 20.5. The zero-order valence-electron chi connectivity index (χ0n) is 12.4. The summed E-state index contributed by atoms with van der Waals surface area (Å²) < 4.78 is 0. The van der Waals surface area contributed by atoms with Gasteiger partial charge in [0.25, 0.3) is 0 Å². The number of rotatable bonds is 5. The van der Waals surface area contributed by atoms with Crippen LogP contribution < -0.4 is 10.6 Å². The van der Waals surface area contributed by atoms with E-state index in [0.29, 0.717) is 16.6 Å². The number of carbonyl (C=O) groups excluding carboxylic acids is 1. The van der Waals surface area contributed by atoms with Crippen LogP contribution in [0, 0.1) is 0 Å². The number of carbonyl (C=O) groups is 1. The molecule has 1 aliphatic rings. The number of aliphatic hydroxyl groups excluding tert-OH is 1. The zero-order valence-corrected chi connectivity index (χ0v) is 13.1. The molecule has 0 saturated heterocycles. The Morgan fingerprint density at radius 3 is 2.48 bits per heavy atom. The van der Waals surface area contributed by atoms with Crippen molar-refractivity contribution in [3.8, 4) is 0 Å². The first-order chi connectivity index (χ1) is 11.2. The smallest absolute Gasteiger partial charge is 0.319 e. The zero-order chi connectivity index (χ0) is 16.2. The third-order valence-electron chi connectivity index (χ3n) is 3.63. The lowest BCUT2D eigenvalue weighted by molar-refractivity contribution is 0.225. The van der Waals surface area contributed by atoms with Crippen molar-refractivity contribution in [2.45, 2.75) is 24.8 Å². The molecule has 3 N–H and O–H groups in total. The number of aliphatic hydroxyl groups is 1. The van der Waals surface area contributed by atoms with Crippen molar-refractivity contribution < 1.29 is 9.90 Å². The van der Waals surface area contributed by atoms with Crippen molar-refractivity contribution in [2.24, 2.45) is 0 Å². The Kier molecular flexibility index (Phi) is 4.73. The van der Waals surface area contributed by atoms with Gasteiger partial charge < -0.3 is 15.7 Å². The van der Waals surface area contributed by atoms with E-state index in [1.54, 1.807) is 36.7 Å². The maximum Gasteiger partial charge on any atom is 0.319 e. The second-order valence-corrected chi connectivity index (χ2v) is 5.93. The summed E-state index contributed by atoms with van der Waals surface area (Å²) in [6.45, 7) is -0.216. The first kappa shape index (κ1) is 15.7. The number of nitrogens with one attached hydrogen (secondary N) is 2. The lowest BCUT2D eigenvalue weighted by atomic mass is 10.1. The highest BCUT2D eigenvalue weighted by Crippen LogP contribution is 2.37. The normalized spacial score (nSPS) is 15.0. The number of halogens is 1. The molecule has 3 rings (SSSR count). The molecule has 23 heavy (non-hydrogen) atoms. The summed E-state index contributed by atoms with van der Waals surface area (Å²) in [6.07, 6.45) is 5.45. The molecule has 0 spiro atoms. The molecule has 2 amide bonds. The molecule has 2 aromatic rings. The van der Waals surface area contributed by atoms with Crippen molar-refractivity contribution in [1.29, 1.82) is 0 Å². The summed E-state index contributed by atoms with van der Waals surface area (Å²) in [5.41, 5.74) is 1.28. The van der Waals surface area contributed by atoms with Crippen molar-refractivity contribution >= 4 is 23.3 Å². The average molecular weight is 333 g/mol. The molecule has 1 unspecified atom stereocenters. The molecule has 1 aromatic heterocycles. The summed E-state index contributed by atoms with van der Waals surface area (Å²) in [7, 11) is 0. The Bertz CT molecular complexity index is 671. The SMILES string of the molecule is O=C(Nc1cnc(C2CC2)nc1)NC(CO)c1ccc(Cl)cc1. The molecular formula is C16H17ClN4O2. The Balaban J connectivity index is 1.59. The van der Waals surface area contributed by atoms with Gasteiger partial charge in [-0.3, -0.25) is 0 Å². The average Bonchev–Trinajstić information content (AvgIpc) is 3.39. The monoisotopic (exact) mass is 332 g/mol. The predicted molar refractivity (Wildman–Crippen MR) is 87.4 cm³/mol. The molecule has 120 valence electrons. The van der Waals surface area contributed by atoms with Crippen molar-refractivity contribution in [1.82, 2.24) is 15.3 Å². The number of hydrogen-bond donors (Lipinski definition) is 3. The van der Waals surface area contributed by atoms with Gasteiger partial charge in [0.15, 0.2) is 0 Å². The van der Waals surface area contributed by atoms with E-state index in [4.69, 9.17) is 11.6 Å². The molecule has 0 aliphatic heterocycles. The van der Waals surface area contributed by atoms with E-state index in [2.05, 4.69) is 20.6 Å². The van der Waals surface area contributed by atoms with Gasteiger partial charge in [-0.2, -0.15) is 0 Å². The Labute approximate surface area is 138 Å². The quantitative estimate of drug-likeness (QED) is 0.785. The third kappa shape index (κ3) is 4.18. The van der Waals surface area contributed by atoms with Crippen LogP contribution >= 0.6 is 11.6 Å². The number of urea groups is 1. The van der Waals surface area contributed by atoms with Gasteiger partial charge in [-0.15, -0.1) is 0 Å². The van der Waals surface area contributed by atoms with Gasteiger partial charge in [0.05, 0.1) is 30.7 Å². The second kappa shape index (κ2) is 6.93. The van der Waals surface area contributed by atoms with Crippen molar-refractivity contribution in [3.63, 3.8) is 0 Å². The first-order valence-corrected chi connectivity index (χ1v) is 7.79. The van der Waals surface area contributed by atoms with Crippen molar-refractivity contribution in [2.75, 3.05) is 11.9 Å². The number of benzene rings is 1. The van der Waals surface area contributed by atoms with Crippen LogP contribution in [0.25, 0.3) is 0 Å². The maximum absolute atomic E-state index is 12.0. The molecule has 1 atom stereocenters. The number of anilines is 1. The number of nitrogens with zero attached hydrogens (tertiary/aromatic N) is 2. The fourth-order valence-corrected chi connectivity index (χ4v) is 2.34. The van der Waals surface area contributed by atoms with Crippen LogP contribution in [-0.2, 0) is 0 Å². The summed E-state index contributed by atoms with van der Waals surface area (Å²) in [5.74, 6) is 1.30. The lowest BCUT2D eigenvalue weighted by Gasteiger charge is -2.17. The summed E-state index contributed by atoms with van der Waals surface area (Å²) in [6, 6.07) is 6.00. The topological polar surface area (TPSA) is 87.1 Å². The van der Waals surface area contributed by atoms with E-state index < -0.39 is 12.1 Å². The molecule has 1 aromatic carbocycles. The Morgan fingerprint density at radius 1 is 1.26 bits per heavy atom. The Hall–Kier alpha value is -2.18. The molecular weight excluding hydrogens is 316 g/mol. The van der Waals surface area contributed by atoms with E-state index in [-0.39, 0.29) is 6.61 Å². The van der Waals surface area contributed by atoms with E-state index in [1.807, 2.05) is 0 Å². The van der Waals surface area contributed by atoms with Gasteiger partial charge in [-0.25, -0.2) is 14.8 Å². The van der Waals surface area contributed by atoms with E-state index in [0.717, 1.165) is 24.2 Å². The number of amides is 2. The predicted octanol–water partition coefficient (Wildman–Crippen LogP) is 2.86. The van der Waals surface area contributed by atoms with Crippen molar-refractivity contribution in [3.05, 3.63) is 53.1 Å². The highest BCUT2D eigenvalue weighted by atomic mass is 35.5. The van der Waals surface area contributed by atoms with Crippen LogP contribution in [0.1, 0.15) is 36.2 Å². The minimum Gasteiger partial charge on any atom is -0.394 e. The fourth-order valence-electron chi connectivity index (χ4n) is 2.21. The summed E-state index contributed by atoms with van der Waals surface area (Å²) in [5, 5.41) is 15.4. The minimum atomic E-state index is -0.515. The Morgan fingerprint density at radius 2 is 1.91 bits per heavy atom. The first-order valence-electron chi connectivity index (χ1n) is 7.41. The van der Waals surface area contributed by atoms with E-state index in [1.165, 1.54) is 0 Å². The van der Waals surface area contributed by atoms with Crippen LogP contribution in [0.3, 0.4) is 0 Å².